The Balaban J connectivity index is 1.32. The first-order valence-electron chi connectivity index (χ1n) is 12.5. The molecular formula is C29H34N2O3. The Morgan fingerprint density at radius 2 is 1.91 bits per heavy atom. The topological polar surface area (TPSA) is 51.7 Å². The molecule has 3 heterocycles. The summed E-state index contributed by atoms with van der Waals surface area (Å²) in [5.41, 5.74) is 1.99. The van der Waals surface area contributed by atoms with E-state index in [-0.39, 0.29) is 5.91 Å². The molecule has 34 heavy (non-hydrogen) atoms. The third-order valence-corrected chi connectivity index (χ3v) is 7.81. The van der Waals surface area contributed by atoms with Crippen molar-refractivity contribution in [1.82, 2.24) is 9.88 Å². The number of hydrogen-bond acceptors (Lipinski definition) is 4. The molecule has 2 aliphatic heterocycles. The molecule has 2 aliphatic rings. The van der Waals surface area contributed by atoms with Crippen LogP contribution in [0.4, 0.5) is 0 Å². The maximum atomic E-state index is 14.1. The third kappa shape index (κ3) is 4.54. The fourth-order valence-electron chi connectivity index (χ4n) is 5.81. The van der Waals surface area contributed by atoms with Crippen molar-refractivity contribution in [3.63, 3.8) is 0 Å². The predicted octanol–water partition coefficient (Wildman–Crippen LogP) is 5.16. The van der Waals surface area contributed by atoms with Gasteiger partial charge in [0.15, 0.2) is 0 Å². The van der Waals surface area contributed by atoms with E-state index in [0.29, 0.717) is 19.1 Å². The number of pyridine rings is 1. The van der Waals surface area contributed by atoms with Crippen LogP contribution in [0.3, 0.4) is 0 Å². The molecule has 3 aromatic rings. The quantitative estimate of drug-likeness (QED) is 0.530. The van der Waals surface area contributed by atoms with Crippen LogP contribution in [-0.2, 0) is 21.4 Å². The van der Waals surface area contributed by atoms with Gasteiger partial charge in [0, 0.05) is 44.1 Å². The van der Waals surface area contributed by atoms with Crippen LogP contribution in [0.15, 0.2) is 60.9 Å². The minimum Gasteiger partial charge on any atom is -0.497 e. The summed E-state index contributed by atoms with van der Waals surface area (Å²) in [4.78, 5) is 20.5. The second-order valence-electron chi connectivity index (χ2n) is 9.73. The van der Waals surface area contributed by atoms with E-state index in [4.69, 9.17) is 9.47 Å². The van der Waals surface area contributed by atoms with Crippen molar-refractivity contribution in [2.45, 2.75) is 43.9 Å². The van der Waals surface area contributed by atoms with Gasteiger partial charge in [0.2, 0.25) is 5.91 Å². The summed E-state index contributed by atoms with van der Waals surface area (Å²) in [6.45, 7) is 2.93. The molecule has 1 unspecified atom stereocenters. The Bertz CT molecular complexity index is 1120. The molecule has 0 aliphatic carbocycles. The van der Waals surface area contributed by atoms with Gasteiger partial charge in [0.05, 0.1) is 12.5 Å². The zero-order valence-corrected chi connectivity index (χ0v) is 20.0. The number of methoxy groups -OCH3 is 1. The lowest BCUT2D eigenvalue weighted by atomic mass is 9.73. The fraction of sp³-hybridized carbons (Fsp3) is 0.448. The maximum Gasteiger partial charge on any atom is 0.233 e. The molecule has 0 saturated carbocycles. The molecule has 2 fully saturated rings. The van der Waals surface area contributed by atoms with Crippen LogP contribution in [0.5, 0.6) is 5.75 Å². The minimum absolute atomic E-state index is 0.276. The Kier molecular flexibility index (Phi) is 6.82. The molecular weight excluding hydrogens is 424 g/mol. The normalized spacial score (nSPS) is 20.6. The molecule has 2 saturated heterocycles. The van der Waals surface area contributed by atoms with E-state index >= 15 is 0 Å². The number of amides is 1. The predicted molar refractivity (Wildman–Crippen MR) is 134 cm³/mol. The monoisotopic (exact) mass is 458 g/mol. The van der Waals surface area contributed by atoms with Gasteiger partial charge in [-0.05, 0) is 79.2 Å². The molecule has 0 N–H and O–H groups in total. The van der Waals surface area contributed by atoms with Gasteiger partial charge in [0.1, 0.15) is 5.75 Å². The second-order valence-corrected chi connectivity index (χ2v) is 9.73. The average Bonchev–Trinajstić information content (AvgIpc) is 3.14. The second kappa shape index (κ2) is 10.1. The van der Waals surface area contributed by atoms with E-state index in [9.17, 15) is 4.79 Å². The number of hydrogen-bond donors (Lipinski definition) is 0. The zero-order chi connectivity index (χ0) is 23.4. The number of ether oxygens (including phenoxy) is 2. The first kappa shape index (κ1) is 22.9. The molecule has 1 atom stereocenters. The highest BCUT2D eigenvalue weighted by Gasteiger charge is 2.44. The summed E-state index contributed by atoms with van der Waals surface area (Å²) in [5.74, 6) is 1.68. The summed E-state index contributed by atoms with van der Waals surface area (Å²) in [7, 11) is 1.67. The van der Waals surface area contributed by atoms with Gasteiger partial charge >= 0.3 is 0 Å². The molecule has 0 radical (unpaired) electrons. The SMILES string of the molecule is COc1ccc(C2(C(=O)N3CCCC(Cc4cccc5cnccc45)CC3)CCOCC2)cc1. The highest BCUT2D eigenvalue weighted by atomic mass is 16.5. The van der Waals surface area contributed by atoms with Crippen LogP contribution < -0.4 is 4.74 Å². The Morgan fingerprint density at radius 3 is 2.71 bits per heavy atom. The number of rotatable bonds is 5. The van der Waals surface area contributed by atoms with Crippen molar-refractivity contribution >= 4 is 16.7 Å². The standard InChI is InChI=1S/C29H34N2O3/c1-33-26-9-7-25(8-10-26)29(13-18-34-19-14-29)28(32)31-16-3-4-22(12-17-31)20-23-5-2-6-24-21-30-15-11-27(23)24/h2,5-11,15,21-22H,3-4,12-14,16-20H2,1H3. The smallest absolute Gasteiger partial charge is 0.233 e. The van der Waals surface area contributed by atoms with Crippen molar-refractivity contribution in [2.75, 3.05) is 33.4 Å². The van der Waals surface area contributed by atoms with Gasteiger partial charge in [-0.1, -0.05) is 30.3 Å². The van der Waals surface area contributed by atoms with E-state index < -0.39 is 5.41 Å². The van der Waals surface area contributed by atoms with Gasteiger partial charge in [-0.25, -0.2) is 0 Å². The number of nitrogens with zero attached hydrogens (tertiary/aromatic N) is 2. The molecule has 1 amide bonds. The van der Waals surface area contributed by atoms with Gasteiger partial charge < -0.3 is 14.4 Å². The summed E-state index contributed by atoms with van der Waals surface area (Å²) in [6.07, 6.45) is 9.61. The number of carbonyl (C=O) groups is 1. The molecule has 5 rings (SSSR count). The van der Waals surface area contributed by atoms with E-state index in [1.807, 2.05) is 24.5 Å². The van der Waals surface area contributed by atoms with Crippen molar-refractivity contribution < 1.29 is 14.3 Å². The van der Waals surface area contributed by atoms with Crippen LogP contribution in [0.2, 0.25) is 0 Å². The van der Waals surface area contributed by atoms with Gasteiger partial charge in [-0.15, -0.1) is 0 Å². The summed E-state index contributed by atoms with van der Waals surface area (Å²) < 4.78 is 11.0. The zero-order valence-electron chi connectivity index (χ0n) is 20.0. The average molecular weight is 459 g/mol. The summed E-state index contributed by atoms with van der Waals surface area (Å²) in [6, 6.07) is 16.7. The van der Waals surface area contributed by atoms with E-state index in [2.05, 4.69) is 46.3 Å². The third-order valence-electron chi connectivity index (χ3n) is 7.81. The highest BCUT2D eigenvalue weighted by Crippen LogP contribution is 2.38. The van der Waals surface area contributed by atoms with E-state index in [1.54, 1.807) is 7.11 Å². The lowest BCUT2D eigenvalue weighted by Crippen LogP contribution is -2.50. The number of fused-ring (bicyclic) bond motifs is 1. The molecule has 5 nitrogen and oxygen atoms in total. The molecule has 1 aromatic heterocycles. The van der Waals surface area contributed by atoms with Crippen molar-refractivity contribution in [2.24, 2.45) is 5.92 Å². The van der Waals surface area contributed by atoms with Crippen molar-refractivity contribution in [3.8, 4) is 5.75 Å². The van der Waals surface area contributed by atoms with E-state index in [1.165, 1.54) is 16.3 Å². The van der Waals surface area contributed by atoms with Crippen LogP contribution in [-0.4, -0.2) is 49.2 Å². The first-order chi connectivity index (χ1) is 16.7. The van der Waals surface area contributed by atoms with Gasteiger partial charge in [-0.2, -0.15) is 0 Å². The Hall–Kier alpha value is -2.92. The molecule has 0 bridgehead atoms. The van der Waals surface area contributed by atoms with Crippen LogP contribution in [0.25, 0.3) is 10.8 Å². The number of aromatic nitrogens is 1. The number of benzene rings is 2. The Morgan fingerprint density at radius 1 is 1.09 bits per heavy atom. The minimum atomic E-state index is -0.493. The lowest BCUT2D eigenvalue weighted by Gasteiger charge is -2.40. The number of likely N-dealkylation sites (tertiary alicyclic amines) is 1. The number of carbonyl (C=O) groups excluding carboxylic acids is 1. The van der Waals surface area contributed by atoms with Crippen LogP contribution >= 0.6 is 0 Å². The largest absolute Gasteiger partial charge is 0.497 e. The van der Waals surface area contributed by atoms with Crippen molar-refractivity contribution in [3.05, 3.63) is 72.1 Å². The highest BCUT2D eigenvalue weighted by molar-refractivity contribution is 5.88. The first-order valence-corrected chi connectivity index (χ1v) is 12.5. The molecule has 2 aromatic carbocycles. The fourth-order valence-corrected chi connectivity index (χ4v) is 5.81. The van der Waals surface area contributed by atoms with Crippen molar-refractivity contribution in [1.29, 1.82) is 0 Å². The summed E-state index contributed by atoms with van der Waals surface area (Å²) in [5, 5.41) is 2.50. The van der Waals surface area contributed by atoms with Crippen LogP contribution in [0.1, 0.15) is 43.2 Å². The van der Waals surface area contributed by atoms with Gasteiger partial charge in [0.25, 0.3) is 0 Å². The maximum absolute atomic E-state index is 14.1. The molecule has 5 heteroatoms. The van der Waals surface area contributed by atoms with Gasteiger partial charge in [-0.3, -0.25) is 9.78 Å². The Labute approximate surface area is 202 Å². The van der Waals surface area contributed by atoms with E-state index in [0.717, 1.165) is 62.9 Å². The molecule has 0 spiro atoms. The lowest BCUT2D eigenvalue weighted by molar-refractivity contribution is -0.141. The summed E-state index contributed by atoms with van der Waals surface area (Å²) >= 11 is 0. The molecule has 178 valence electrons. The van der Waals surface area contributed by atoms with Crippen LogP contribution in [0, 0.1) is 5.92 Å².